The molecule has 10 nitrogen and oxygen atoms in total. The Balaban J connectivity index is 1.40. The normalized spacial score (nSPS) is 14.4. The average Bonchev–Trinajstić information content (AvgIpc) is 3.57. The van der Waals surface area contributed by atoms with Gasteiger partial charge in [-0.15, -0.1) is 0 Å². The first-order chi connectivity index (χ1) is 15.3. The second-order valence-electron chi connectivity index (χ2n) is 7.70. The second-order valence-corrected chi connectivity index (χ2v) is 7.70. The molecule has 1 aliphatic carbocycles. The molecule has 1 saturated carbocycles. The third-order valence-electron chi connectivity index (χ3n) is 5.58. The molecule has 4 N–H and O–H groups in total. The van der Waals surface area contributed by atoms with E-state index in [4.69, 9.17) is 10.7 Å². The SMILES string of the molecule is NCCNc1nc(NCc2ccc(-n3cccn3)nc2)c2ncn(C3CCCC3)c2n1. The molecule has 0 unspecified atom stereocenters. The Kier molecular flexibility index (Phi) is 5.44. The number of nitrogens with two attached hydrogens (primary N) is 1. The molecule has 0 amide bonds. The van der Waals surface area contributed by atoms with Crippen LogP contribution in [0.25, 0.3) is 17.0 Å². The fourth-order valence-electron chi connectivity index (χ4n) is 4.00. The number of pyridine rings is 1. The summed E-state index contributed by atoms with van der Waals surface area (Å²) in [5.74, 6) is 2.05. The zero-order chi connectivity index (χ0) is 21.0. The van der Waals surface area contributed by atoms with Crippen molar-refractivity contribution in [2.24, 2.45) is 5.73 Å². The molecular weight excluding hydrogens is 392 g/mol. The molecule has 0 atom stereocenters. The largest absolute Gasteiger partial charge is 0.364 e. The van der Waals surface area contributed by atoms with E-state index in [0.717, 1.165) is 35.4 Å². The summed E-state index contributed by atoms with van der Waals surface area (Å²) in [6, 6.07) is 6.30. The minimum absolute atomic E-state index is 0.453. The molecule has 10 heteroatoms. The van der Waals surface area contributed by atoms with Crippen LogP contribution >= 0.6 is 0 Å². The van der Waals surface area contributed by atoms with Crippen LogP contribution in [-0.4, -0.2) is 47.4 Å². The zero-order valence-corrected chi connectivity index (χ0v) is 17.3. The van der Waals surface area contributed by atoms with Gasteiger partial charge in [-0.05, 0) is 30.5 Å². The second kappa shape index (κ2) is 8.68. The highest BCUT2D eigenvalue weighted by atomic mass is 15.3. The number of imidazole rings is 1. The van der Waals surface area contributed by atoms with E-state index in [9.17, 15) is 0 Å². The molecule has 0 aliphatic heterocycles. The first kappa shape index (κ1) is 19.4. The van der Waals surface area contributed by atoms with Crippen LogP contribution in [0.5, 0.6) is 0 Å². The summed E-state index contributed by atoms with van der Waals surface area (Å²) in [7, 11) is 0. The lowest BCUT2D eigenvalue weighted by atomic mass is 10.2. The molecule has 4 aromatic heterocycles. The van der Waals surface area contributed by atoms with Crippen molar-refractivity contribution in [1.82, 2.24) is 34.3 Å². The van der Waals surface area contributed by atoms with Gasteiger partial charge in [0.25, 0.3) is 0 Å². The lowest BCUT2D eigenvalue weighted by molar-refractivity contribution is 0.529. The number of hydrogen-bond acceptors (Lipinski definition) is 8. The molecule has 0 aromatic carbocycles. The Morgan fingerprint density at radius 1 is 1.10 bits per heavy atom. The summed E-state index contributed by atoms with van der Waals surface area (Å²) in [5.41, 5.74) is 8.33. The predicted octanol–water partition coefficient (Wildman–Crippen LogP) is 2.50. The number of nitrogens with zero attached hydrogens (tertiary/aromatic N) is 7. The summed E-state index contributed by atoms with van der Waals surface area (Å²) in [6.45, 7) is 1.70. The van der Waals surface area contributed by atoms with E-state index < -0.39 is 0 Å². The lowest BCUT2D eigenvalue weighted by Gasteiger charge is -2.13. The smallest absolute Gasteiger partial charge is 0.226 e. The highest BCUT2D eigenvalue weighted by Gasteiger charge is 2.21. The van der Waals surface area contributed by atoms with Crippen LogP contribution in [-0.2, 0) is 6.54 Å². The maximum absolute atomic E-state index is 5.65. The van der Waals surface area contributed by atoms with Gasteiger partial charge in [0.15, 0.2) is 22.8 Å². The number of anilines is 2. The van der Waals surface area contributed by atoms with E-state index in [2.05, 4.69) is 35.3 Å². The molecule has 160 valence electrons. The van der Waals surface area contributed by atoms with Gasteiger partial charge in [-0.25, -0.2) is 14.6 Å². The quantitative estimate of drug-likeness (QED) is 0.399. The van der Waals surface area contributed by atoms with Gasteiger partial charge < -0.3 is 20.9 Å². The molecule has 0 bridgehead atoms. The number of rotatable bonds is 8. The number of fused-ring (bicyclic) bond motifs is 1. The van der Waals surface area contributed by atoms with Crippen LogP contribution < -0.4 is 16.4 Å². The Bertz CT molecular complexity index is 1130. The first-order valence-corrected chi connectivity index (χ1v) is 10.7. The maximum atomic E-state index is 5.65. The van der Waals surface area contributed by atoms with Crippen LogP contribution in [0.3, 0.4) is 0 Å². The van der Waals surface area contributed by atoms with E-state index in [0.29, 0.717) is 37.4 Å². The standard InChI is InChI=1S/C21H26N10/c22-8-10-23-21-28-19(18-20(29-21)30(14-26-18)16-4-1-2-5-16)25-13-15-6-7-17(24-12-15)31-11-3-9-27-31/h3,6-7,9,11-12,14,16H,1-2,4-5,8,10,13,22H2,(H2,23,25,28,29). The van der Waals surface area contributed by atoms with Crippen molar-refractivity contribution in [2.45, 2.75) is 38.3 Å². The Hall–Kier alpha value is -3.53. The van der Waals surface area contributed by atoms with Gasteiger partial charge in [0.1, 0.15) is 0 Å². The first-order valence-electron chi connectivity index (χ1n) is 10.7. The van der Waals surface area contributed by atoms with Gasteiger partial charge in [0.05, 0.1) is 6.33 Å². The Morgan fingerprint density at radius 3 is 2.74 bits per heavy atom. The zero-order valence-electron chi connectivity index (χ0n) is 17.3. The van der Waals surface area contributed by atoms with Crippen LogP contribution in [0.1, 0.15) is 37.3 Å². The fraction of sp³-hybridized carbons (Fsp3) is 0.381. The highest BCUT2D eigenvalue weighted by Crippen LogP contribution is 2.33. The minimum Gasteiger partial charge on any atom is -0.364 e. The van der Waals surface area contributed by atoms with Crippen molar-refractivity contribution in [1.29, 1.82) is 0 Å². The van der Waals surface area contributed by atoms with Crippen molar-refractivity contribution in [2.75, 3.05) is 23.7 Å². The predicted molar refractivity (Wildman–Crippen MR) is 119 cm³/mol. The van der Waals surface area contributed by atoms with Gasteiger partial charge in [-0.2, -0.15) is 15.1 Å². The van der Waals surface area contributed by atoms with E-state index in [1.165, 1.54) is 12.8 Å². The van der Waals surface area contributed by atoms with Crippen molar-refractivity contribution in [3.05, 3.63) is 48.7 Å². The maximum Gasteiger partial charge on any atom is 0.226 e. The van der Waals surface area contributed by atoms with Crippen molar-refractivity contribution >= 4 is 22.9 Å². The van der Waals surface area contributed by atoms with Gasteiger partial charge in [-0.3, -0.25) is 0 Å². The van der Waals surface area contributed by atoms with Crippen molar-refractivity contribution in [3.8, 4) is 5.82 Å². The van der Waals surface area contributed by atoms with Crippen LogP contribution in [0, 0.1) is 0 Å². The average molecular weight is 419 g/mol. The Labute approximate surface area is 179 Å². The molecular formula is C21H26N10. The summed E-state index contributed by atoms with van der Waals surface area (Å²) < 4.78 is 3.93. The van der Waals surface area contributed by atoms with E-state index in [1.54, 1.807) is 10.9 Å². The number of aromatic nitrogens is 7. The van der Waals surface area contributed by atoms with Crippen molar-refractivity contribution < 1.29 is 0 Å². The van der Waals surface area contributed by atoms with Gasteiger partial charge in [0.2, 0.25) is 5.95 Å². The summed E-state index contributed by atoms with van der Waals surface area (Å²) in [4.78, 5) is 18.5. The number of hydrogen-bond donors (Lipinski definition) is 3. The minimum atomic E-state index is 0.453. The van der Waals surface area contributed by atoms with E-state index in [-0.39, 0.29) is 0 Å². The van der Waals surface area contributed by atoms with Gasteiger partial charge in [0, 0.05) is 44.3 Å². The Morgan fingerprint density at radius 2 is 2.00 bits per heavy atom. The molecule has 1 aliphatic rings. The monoisotopic (exact) mass is 418 g/mol. The topological polar surface area (TPSA) is 124 Å². The molecule has 4 aromatic rings. The van der Waals surface area contributed by atoms with Crippen LogP contribution in [0.2, 0.25) is 0 Å². The molecule has 5 rings (SSSR count). The van der Waals surface area contributed by atoms with E-state index >= 15 is 0 Å². The fourth-order valence-corrected chi connectivity index (χ4v) is 4.00. The molecule has 0 spiro atoms. The molecule has 1 fully saturated rings. The summed E-state index contributed by atoms with van der Waals surface area (Å²) in [5, 5.41) is 10.8. The van der Waals surface area contributed by atoms with Crippen LogP contribution in [0.15, 0.2) is 43.1 Å². The summed E-state index contributed by atoms with van der Waals surface area (Å²) >= 11 is 0. The third kappa shape index (κ3) is 4.06. The highest BCUT2D eigenvalue weighted by molar-refractivity contribution is 5.84. The van der Waals surface area contributed by atoms with Crippen molar-refractivity contribution in [3.63, 3.8) is 0 Å². The van der Waals surface area contributed by atoms with Crippen LogP contribution in [0.4, 0.5) is 11.8 Å². The third-order valence-corrected chi connectivity index (χ3v) is 5.58. The number of nitrogens with one attached hydrogen (secondary N) is 2. The molecule has 0 radical (unpaired) electrons. The van der Waals surface area contributed by atoms with E-state index in [1.807, 2.05) is 36.9 Å². The lowest BCUT2D eigenvalue weighted by Crippen LogP contribution is -2.16. The van der Waals surface area contributed by atoms with Gasteiger partial charge in [-0.1, -0.05) is 18.9 Å². The molecule has 0 saturated heterocycles. The summed E-state index contributed by atoms with van der Waals surface area (Å²) in [6.07, 6.45) is 12.2. The molecule has 31 heavy (non-hydrogen) atoms. The van der Waals surface area contributed by atoms with Gasteiger partial charge >= 0.3 is 0 Å². The molecule has 4 heterocycles.